The molecule has 0 amide bonds. The molecule has 1 fully saturated rings. The number of nitrogens with zero attached hydrogens (tertiary/aromatic N) is 1. The monoisotopic (exact) mass is 402 g/mol. The first-order valence-corrected chi connectivity index (χ1v) is 10.9. The Morgan fingerprint density at radius 2 is 1.89 bits per heavy atom. The lowest BCUT2D eigenvalue weighted by molar-refractivity contribution is 0.0697. The van der Waals surface area contributed by atoms with E-state index in [-0.39, 0.29) is 10.5 Å². The van der Waals surface area contributed by atoms with E-state index in [2.05, 4.69) is 16.5 Å². The number of aromatic carboxylic acids is 1. The van der Waals surface area contributed by atoms with Crippen molar-refractivity contribution in [2.24, 2.45) is 5.92 Å². The molecule has 1 aliphatic rings. The maximum atomic E-state index is 13.0. The Morgan fingerprint density at radius 1 is 1.14 bits per heavy atom. The minimum Gasteiger partial charge on any atom is -0.478 e. The van der Waals surface area contributed by atoms with E-state index >= 15 is 0 Å². The normalized spacial score (nSPS) is 17.4. The van der Waals surface area contributed by atoms with Gasteiger partial charge < -0.3 is 10.0 Å². The number of hydrogen-bond donors (Lipinski definition) is 2. The van der Waals surface area contributed by atoms with Crippen LogP contribution in [0.25, 0.3) is 0 Å². The van der Waals surface area contributed by atoms with Crippen molar-refractivity contribution in [2.75, 3.05) is 22.7 Å². The van der Waals surface area contributed by atoms with Crippen LogP contribution in [-0.4, -0.2) is 32.6 Å². The van der Waals surface area contributed by atoms with Crippen LogP contribution in [0.1, 0.15) is 41.3 Å². The van der Waals surface area contributed by atoms with Crippen LogP contribution in [0, 0.1) is 19.8 Å². The second-order valence-electron chi connectivity index (χ2n) is 7.58. The highest BCUT2D eigenvalue weighted by Crippen LogP contribution is 2.32. The van der Waals surface area contributed by atoms with Crippen LogP contribution < -0.4 is 9.62 Å². The Bertz CT molecular complexity index is 1000. The molecule has 0 radical (unpaired) electrons. The minimum absolute atomic E-state index is 0.0478. The smallest absolute Gasteiger partial charge is 0.335 e. The van der Waals surface area contributed by atoms with Gasteiger partial charge in [-0.3, -0.25) is 4.72 Å². The molecule has 0 bridgehead atoms. The number of carboxylic acid groups (broad SMARTS) is 1. The summed E-state index contributed by atoms with van der Waals surface area (Å²) < 4.78 is 28.6. The number of carboxylic acids is 1. The zero-order valence-electron chi connectivity index (χ0n) is 16.4. The molecule has 0 saturated carbocycles. The highest BCUT2D eigenvalue weighted by atomic mass is 32.2. The zero-order chi connectivity index (χ0) is 20.5. The van der Waals surface area contributed by atoms with E-state index < -0.39 is 16.0 Å². The molecule has 0 aromatic heterocycles. The van der Waals surface area contributed by atoms with Gasteiger partial charge in [0.15, 0.2) is 0 Å². The van der Waals surface area contributed by atoms with Gasteiger partial charge in [0.05, 0.1) is 21.8 Å². The Labute approximate surface area is 166 Å². The van der Waals surface area contributed by atoms with Gasteiger partial charge in [0.25, 0.3) is 10.0 Å². The van der Waals surface area contributed by atoms with E-state index in [0.29, 0.717) is 17.3 Å². The SMILES string of the molecule is Cc1ccc(S(=O)(=O)Nc2cc(C(=O)O)ccc2N2CCCC(C)C2)cc1C. The number of rotatable bonds is 5. The summed E-state index contributed by atoms with van der Waals surface area (Å²) in [6.45, 7) is 7.57. The molecule has 6 nitrogen and oxygen atoms in total. The Hall–Kier alpha value is -2.54. The number of carbonyl (C=O) groups is 1. The molecule has 1 heterocycles. The van der Waals surface area contributed by atoms with Crippen molar-refractivity contribution in [1.29, 1.82) is 0 Å². The fraction of sp³-hybridized carbons (Fsp3) is 0.381. The molecule has 2 aromatic carbocycles. The average molecular weight is 403 g/mol. The van der Waals surface area contributed by atoms with Crippen LogP contribution in [-0.2, 0) is 10.0 Å². The van der Waals surface area contributed by atoms with Crippen molar-refractivity contribution in [3.63, 3.8) is 0 Å². The molecule has 28 heavy (non-hydrogen) atoms. The van der Waals surface area contributed by atoms with Gasteiger partial charge in [0.2, 0.25) is 0 Å². The van der Waals surface area contributed by atoms with E-state index in [1.807, 2.05) is 13.8 Å². The summed E-state index contributed by atoms with van der Waals surface area (Å²) >= 11 is 0. The molecule has 1 atom stereocenters. The lowest BCUT2D eigenvalue weighted by atomic mass is 9.99. The van der Waals surface area contributed by atoms with E-state index in [0.717, 1.165) is 37.1 Å². The van der Waals surface area contributed by atoms with E-state index in [4.69, 9.17) is 0 Å². The molecule has 3 rings (SSSR count). The Morgan fingerprint density at radius 3 is 2.54 bits per heavy atom. The van der Waals surface area contributed by atoms with Crippen LogP contribution in [0.5, 0.6) is 0 Å². The predicted octanol–water partition coefficient (Wildman–Crippen LogP) is 4.04. The fourth-order valence-electron chi connectivity index (χ4n) is 3.52. The van der Waals surface area contributed by atoms with Gasteiger partial charge in [-0.2, -0.15) is 0 Å². The number of benzene rings is 2. The molecular weight excluding hydrogens is 376 g/mol. The summed E-state index contributed by atoms with van der Waals surface area (Å²) in [5.41, 5.74) is 2.95. The summed E-state index contributed by atoms with van der Waals surface area (Å²) in [5, 5.41) is 9.34. The van der Waals surface area contributed by atoms with E-state index in [9.17, 15) is 18.3 Å². The van der Waals surface area contributed by atoms with Crippen LogP contribution >= 0.6 is 0 Å². The summed E-state index contributed by atoms with van der Waals surface area (Å²) in [5.74, 6) is -0.595. The van der Waals surface area contributed by atoms with Crippen LogP contribution in [0.15, 0.2) is 41.3 Å². The van der Waals surface area contributed by atoms with Crippen LogP contribution in [0.3, 0.4) is 0 Å². The third-order valence-electron chi connectivity index (χ3n) is 5.27. The summed E-state index contributed by atoms with van der Waals surface area (Å²) in [7, 11) is -3.84. The van der Waals surface area contributed by atoms with Crippen molar-refractivity contribution >= 4 is 27.4 Å². The predicted molar refractivity (Wildman–Crippen MR) is 111 cm³/mol. The molecule has 0 spiro atoms. The molecule has 0 aliphatic carbocycles. The fourth-order valence-corrected chi connectivity index (χ4v) is 4.67. The minimum atomic E-state index is -3.84. The maximum absolute atomic E-state index is 13.0. The number of sulfonamides is 1. The molecular formula is C21H26N2O4S. The molecule has 1 unspecified atom stereocenters. The molecule has 2 aromatic rings. The van der Waals surface area contributed by atoms with E-state index in [1.54, 1.807) is 24.3 Å². The topological polar surface area (TPSA) is 86.7 Å². The van der Waals surface area contributed by atoms with Crippen molar-refractivity contribution in [2.45, 2.75) is 38.5 Å². The van der Waals surface area contributed by atoms with Gasteiger partial charge >= 0.3 is 5.97 Å². The summed E-state index contributed by atoms with van der Waals surface area (Å²) in [6, 6.07) is 9.57. The number of aryl methyl sites for hydroxylation is 2. The first kappa shape index (κ1) is 20.2. The average Bonchev–Trinajstić information content (AvgIpc) is 2.63. The van der Waals surface area contributed by atoms with Crippen molar-refractivity contribution in [1.82, 2.24) is 0 Å². The van der Waals surface area contributed by atoms with Gasteiger partial charge in [-0.05, 0) is 74.1 Å². The van der Waals surface area contributed by atoms with E-state index in [1.165, 1.54) is 12.1 Å². The third-order valence-corrected chi connectivity index (χ3v) is 6.64. The quantitative estimate of drug-likeness (QED) is 0.788. The lowest BCUT2D eigenvalue weighted by Gasteiger charge is -2.34. The van der Waals surface area contributed by atoms with Crippen molar-refractivity contribution in [3.05, 3.63) is 53.1 Å². The highest BCUT2D eigenvalue weighted by molar-refractivity contribution is 7.92. The Balaban J connectivity index is 2.01. The molecule has 7 heteroatoms. The van der Waals surface area contributed by atoms with Crippen LogP contribution in [0.4, 0.5) is 11.4 Å². The standard InChI is InChI=1S/C21H26N2O4S/c1-14-5-4-10-23(13-14)20-9-7-17(21(24)25)12-19(20)22-28(26,27)18-8-6-15(2)16(3)11-18/h6-9,11-12,14,22H,4-5,10,13H2,1-3H3,(H,24,25). The largest absolute Gasteiger partial charge is 0.478 e. The molecule has 1 aliphatic heterocycles. The molecule has 1 saturated heterocycles. The zero-order valence-corrected chi connectivity index (χ0v) is 17.2. The van der Waals surface area contributed by atoms with Gasteiger partial charge in [-0.15, -0.1) is 0 Å². The number of piperidine rings is 1. The lowest BCUT2D eigenvalue weighted by Crippen LogP contribution is -2.35. The summed E-state index contributed by atoms with van der Waals surface area (Å²) in [6.07, 6.45) is 2.15. The molecule has 150 valence electrons. The van der Waals surface area contributed by atoms with Gasteiger partial charge in [0, 0.05) is 13.1 Å². The Kier molecular flexibility index (Phi) is 5.65. The first-order chi connectivity index (χ1) is 13.2. The number of nitrogens with one attached hydrogen (secondary N) is 1. The van der Waals surface area contributed by atoms with Crippen molar-refractivity contribution in [3.8, 4) is 0 Å². The summed E-state index contributed by atoms with van der Waals surface area (Å²) in [4.78, 5) is 13.7. The second kappa shape index (κ2) is 7.83. The first-order valence-electron chi connectivity index (χ1n) is 9.40. The number of anilines is 2. The van der Waals surface area contributed by atoms with Gasteiger partial charge in [0.1, 0.15) is 0 Å². The van der Waals surface area contributed by atoms with Gasteiger partial charge in [-0.1, -0.05) is 13.0 Å². The van der Waals surface area contributed by atoms with Crippen molar-refractivity contribution < 1.29 is 18.3 Å². The van der Waals surface area contributed by atoms with Crippen LogP contribution in [0.2, 0.25) is 0 Å². The molecule has 2 N–H and O–H groups in total. The highest BCUT2D eigenvalue weighted by Gasteiger charge is 2.23. The third kappa shape index (κ3) is 4.30. The second-order valence-corrected chi connectivity index (χ2v) is 9.26. The maximum Gasteiger partial charge on any atom is 0.335 e. The van der Waals surface area contributed by atoms with Gasteiger partial charge in [-0.25, -0.2) is 13.2 Å². The number of hydrogen-bond acceptors (Lipinski definition) is 4.